The van der Waals surface area contributed by atoms with Crippen molar-refractivity contribution in [2.24, 2.45) is 11.8 Å². The van der Waals surface area contributed by atoms with Crippen LogP contribution in [0.2, 0.25) is 0 Å². The number of likely N-dealkylation sites (tertiary alicyclic amines) is 1. The number of benzene rings is 1. The summed E-state index contributed by atoms with van der Waals surface area (Å²) in [4.78, 5) is 26.3. The van der Waals surface area contributed by atoms with E-state index in [1.807, 2.05) is 12.3 Å². The molecule has 5 heteroatoms. The summed E-state index contributed by atoms with van der Waals surface area (Å²) in [5.41, 5.74) is 1.23. The SMILES string of the molecule is O=C1[C@H](C2CCN(c3cnccn3)CC2)CCCCN1Cc1ccccc1. The molecule has 2 aromatic rings. The largest absolute Gasteiger partial charge is 0.355 e. The van der Waals surface area contributed by atoms with Crippen LogP contribution in [0.3, 0.4) is 0 Å². The Morgan fingerprint density at radius 3 is 2.52 bits per heavy atom. The molecule has 4 rings (SSSR count). The Kier molecular flexibility index (Phi) is 5.66. The highest BCUT2D eigenvalue weighted by Gasteiger charge is 2.35. The van der Waals surface area contributed by atoms with Crippen molar-refractivity contribution in [3.63, 3.8) is 0 Å². The quantitative estimate of drug-likeness (QED) is 0.833. The molecule has 0 radical (unpaired) electrons. The third-order valence-corrected chi connectivity index (χ3v) is 6.02. The van der Waals surface area contributed by atoms with Crippen LogP contribution in [-0.2, 0) is 11.3 Å². The molecule has 0 bridgehead atoms. The molecule has 0 saturated carbocycles. The molecule has 5 nitrogen and oxygen atoms in total. The number of nitrogens with zero attached hydrogens (tertiary/aromatic N) is 4. The number of hydrogen-bond donors (Lipinski definition) is 0. The molecule has 2 aliphatic rings. The van der Waals surface area contributed by atoms with E-state index < -0.39 is 0 Å². The van der Waals surface area contributed by atoms with Gasteiger partial charge in [-0.25, -0.2) is 4.98 Å². The third kappa shape index (κ3) is 4.29. The first kappa shape index (κ1) is 18.0. The van der Waals surface area contributed by atoms with Gasteiger partial charge in [-0.05, 0) is 37.2 Å². The minimum atomic E-state index is 0.181. The third-order valence-electron chi connectivity index (χ3n) is 6.02. The number of amides is 1. The van der Waals surface area contributed by atoms with Gasteiger partial charge in [-0.3, -0.25) is 9.78 Å². The maximum absolute atomic E-state index is 13.3. The first-order valence-electron chi connectivity index (χ1n) is 10.1. The second-order valence-corrected chi connectivity index (χ2v) is 7.74. The van der Waals surface area contributed by atoms with Gasteiger partial charge < -0.3 is 9.80 Å². The molecule has 0 spiro atoms. The van der Waals surface area contributed by atoms with E-state index in [9.17, 15) is 4.79 Å². The molecule has 3 heterocycles. The van der Waals surface area contributed by atoms with Crippen LogP contribution >= 0.6 is 0 Å². The highest BCUT2D eigenvalue weighted by molar-refractivity contribution is 5.79. The Balaban J connectivity index is 1.40. The summed E-state index contributed by atoms with van der Waals surface area (Å²) < 4.78 is 0. The van der Waals surface area contributed by atoms with Gasteiger partial charge in [0.25, 0.3) is 0 Å². The van der Waals surface area contributed by atoms with Gasteiger partial charge >= 0.3 is 0 Å². The first-order chi connectivity index (χ1) is 13.3. The number of carbonyl (C=O) groups excluding carboxylic acids is 1. The summed E-state index contributed by atoms with van der Waals surface area (Å²) in [7, 11) is 0. The molecule has 27 heavy (non-hydrogen) atoms. The van der Waals surface area contributed by atoms with Crippen LogP contribution in [0, 0.1) is 11.8 Å². The molecule has 1 atom stereocenters. The van der Waals surface area contributed by atoms with E-state index in [1.54, 1.807) is 12.4 Å². The van der Waals surface area contributed by atoms with Crippen LogP contribution in [0.4, 0.5) is 5.82 Å². The number of hydrogen-bond acceptors (Lipinski definition) is 4. The van der Waals surface area contributed by atoms with Crippen LogP contribution < -0.4 is 4.90 Å². The molecule has 1 aromatic carbocycles. The summed E-state index contributed by atoms with van der Waals surface area (Å²) in [6.45, 7) is 3.56. The lowest BCUT2D eigenvalue weighted by atomic mass is 9.81. The maximum Gasteiger partial charge on any atom is 0.226 e. The minimum absolute atomic E-state index is 0.181. The second kappa shape index (κ2) is 8.51. The Morgan fingerprint density at radius 2 is 1.78 bits per heavy atom. The fourth-order valence-corrected chi connectivity index (χ4v) is 4.52. The van der Waals surface area contributed by atoms with Crippen molar-refractivity contribution in [3.05, 3.63) is 54.5 Å². The van der Waals surface area contributed by atoms with E-state index in [-0.39, 0.29) is 5.92 Å². The monoisotopic (exact) mass is 364 g/mol. The standard InChI is InChI=1S/C22H28N4O/c27-22-20(8-4-5-13-26(22)17-18-6-2-1-3-7-18)19-9-14-25(15-10-19)21-16-23-11-12-24-21/h1-3,6-7,11-12,16,19-20H,4-5,8-10,13-15,17H2/t20-/m0/s1. The molecule has 2 saturated heterocycles. The summed E-state index contributed by atoms with van der Waals surface area (Å²) in [6.07, 6.45) is 10.7. The molecule has 0 N–H and O–H groups in total. The predicted octanol–water partition coefficient (Wildman–Crippen LogP) is 3.52. The van der Waals surface area contributed by atoms with E-state index in [4.69, 9.17) is 0 Å². The summed E-state index contributed by atoms with van der Waals surface area (Å²) in [5, 5.41) is 0. The zero-order chi connectivity index (χ0) is 18.5. The zero-order valence-electron chi connectivity index (χ0n) is 15.8. The van der Waals surface area contributed by atoms with E-state index in [0.717, 1.165) is 64.1 Å². The van der Waals surface area contributed by atoms with Crippen LogP contribution in [0.15, 0.2) is 48.9 Å². The van der Waals surface area contributed by atoms with Crippen molar-refractivity contribution < 1.29 is 4.79 Å². The number of aromatic nitrogens is 2. The van der Waals surface area contributed by atoms with Gasteiger partial charge in [-0.2, -0.15) is 0 Å². The average molecular weight is 364 g/mol. The molecule has 142 valence electrons. The Morgan fingerprint density at radius 1 is 0.963 bits per heavy atom. The van der Waals surface area contributed by atoms with E-state index in [1.165, 1.54) is 5.56 Å². The van der Waals surface area contributed by atoms with Gasteiger partial charge in [0.1, 0.15) is 5.82 Å². The number of piperidine rings is 1. The highest BCUT2D eigenvalue weighted by atomic mass is 16.2. The lowest BCUT2D eigenvalue weighted by molar-refractivity contribution is -0.137. The van der Waals surface area contributed by atoms with Crippen molar-refractivity contribution in [2.75, 3.05) is 24.5 Å². The Labute approximate surface area is 161 Å². The van der Waals surface area contributed by atoms with Gasteiger partial charge in [-0.15, -0.1) is 0 Å². The van der Waals surface area contributed by atoms with Crippen molar-refractivity contribution in [2.45, 2.75) is 38.6 Å². The van der Waals surface area contributed by atoms with Crippen LogP contribution in [0.25, 0.3) is 0 Å². The fourth-order valence-electron chi connectivity index (χ4n) is 4.52. The van der Waals surface area contributed by atoms with Gasteiger partial charge in [0.15, 0.2) is 0 Å². The Hall–Kier alpha value is -2.43. The first-order valence-corrected chi connectivity index (χ1v) is 10.1. The normalized spacial score (nSPS) is 21.9. The van der Waals surface area contributed by atoms with Crippen molar-refractivity contribution in [1.29, 1.82) is 0 Å². The van der Waals surface area contributed by atoms with E-state index >= 15 is 0 Å². The topological polar surface area (TPSA) is 49.3 Å². The van der Waals surface area contributed by atoms with E-state index in [0.29, 0.717) is 11.8 Å². The number of carbonyl (C=O) groups is 1. The molecule has 1 aromatic heterocycles. The van der Waals surface area contributed by atoms with Gasteiger partial charge in [0.2, 0.25) is 5.91 Å². The molecule has 0 aliphatic carbocycles. The van der Waals surface area contributed by atoms with Crippen molar-refractivity contribution >= 4 is 11.7 Å². The van der Waals surface area contributed by atoms with Crippen molar-refractivity contribution in [1.82, 2.24) is 14.9 Å². The summed E-state index contributed by atoms with van der Waals surface area (Å²) >= 11 is 0. The summed E-state index contributed by atoms with van der Waals surface area (Å²) in [6, 6.07) is 10.4. The highest BCUT2D eigenvalue weighted by Crippen LogP contribution is 2.33. The molecular formula is C22H28N4O. The van der Waals surface area contributed by atoms with Crippen molar-refractivity contribution in [3.8, 4) is 0 Å². The average Bonchev–Trinajstić information content (AvgIpc) is 2.91. The molecular weight excluding hydrogens is 336 g/mol. The molecule has 1 amide bonds. The maximum atomic E-state index is 13.3. The van der Waals surface area contributed by atoms with Gasteiger partial charge in [0, 0.05) is 44.5 Å². The minimum Gasteiger partial charge on any atom is -0.355 e. The number of anilines is 1. The molecule has 0 unspecified atom stereocenters. The summed E-state index contributed by atoms with van der Waals surface area (Å²) in [5.74, 6) is 1.99. The van der Waals surface area contributed by atoms with Crippen LogP contribution in [0.1, 0.15) is 37.7 Å². The number of rotatable bonds is 4. The smallest absolute Gasteiger partial charge is 0.226 e. The lowest BCUT2D eigenvalue weighted by Crippen LogP contribution is -2.42. The van der Waals surface area contributed by atoms with E-state index in [2.05, 4.69) is 44.0 Å². The molecule has 2 fully saturated rings. The fraction of sp³-hybridized carbons (Fsp3) is 0.500. The van der Waals surface area contributed by atoms with Crippen LogP contribution in [-0.4, -0.2) is 40.4 Å². The molecule has 2 aliphatic heterocycles. The van der Waals surface area contributed by atoms with Gasteiger partial charge in [-0.1, -0.05) is 36.8 Å². The van der Waals surface area contributed by atoms with Gasteiger partial charge in [0.05, 0.1) is 6.20 Å². The predicted molar refractivity (Wildman–Crippen MR) is 106 cm³/mol. The Bertz CT molecular complexity index is 728. The lowest BCUT2D eigenvalue weighted by Gasteiger charge is -2.37. The van der Waals surface area contributed by atoms with Crippen LogP contribution in [0.5, 0.6) is 0 Å². The zero-order valence-corrected chi connectivity index (χ0v) is 15.8. The second-order valence-electron chi connectivity index (χ2n) is 7.74.